The molecule has 2 aliphatic heterocycles. The smallest absolute Gasteiger partial charge is 0.405 e. The van der Waals surface area contributed by atoms with Crippen LogP contribution >= 0.6 is 0 Å². The maximum Gasteiger partial charge on any atom is 0.405 e. The molecule has 1 aromatic heterocycles. The average molecular weight is 772 g/mol. The highest BCUT2D eigenvalue weighted by Crippen LogP contribution is 2.46. The molecule has 4 aliphatic rings. The van der Waals surface area contributed by atoms with Gasteiger partial charge < -0.3 is 39.6 Å². The van der Waals surface area contributed by atoms with Crippen molar-refractivity contribution in [2.45, 2.75) is 87.8 Å². The fourth-order valence-electron chi connectivity index (χ4n) is 7.53. The molecule has 0 bridgehead atoms. The van der Waals surface area contributed by atoms with Gasteiger partial charge in [0.25, 0.3) is 5.91 Å². The van der Waals surface area contributed by atoms with Crippen LogP contribution in [-0.2, 0) is 29.1 Å². The molecule has 1 saturated heterocycles. The number of rotatable bonds is 11. The molecule has 4 N–H and O–H groups in total. The Balaban J connectivity index is 1.33. The number of fused-ring (bicyclic) bond motifs is 3. The SMILES string of the molecule is COCCOc1cnc(O[C@@H]2C[C@H]3C(=O)N[C@]4(C(=O)NS(=O)(=O)C5CC5)C[C@H]4C=CCC[C@@H](C)C[C@@H](C)[C@H](NC(=O)O)C(=O)N3C2)c2ccc(OC)cc12. The van der Waals surface area contributed by atoms with Gasteiger partial charge in [-0.15, -0.1) is 0 Å². The Labute approximate surface area is 314 Å². The molecule has 3 heterocycles. The molecule has 0 unspecified atom stereocenters. The first-order chi connectivity index (χ1) is 25.8. The molecule has 2 aliphatic carbocycles. The number of benzene rings is 1. The largest absolute Gasteiger partial charge is 0.497 e. The summed E-state index contributed by atoms with van der Waals surface area (Å²) in [7, 11) is -0.811. The van der Waals surface area contributed by atoms with E-state index in [2.05, 4.69) is 20.3 Å². The van der Waals surface area contributed by atoms with Gasteiger partial charge in [0.2, 0.25) is 27.7 Å². The van der Waals surface area contributed by atoms with Crippen molar-refractivity contribution in [3.63, 3.8) is 0 Å². The van der Waals surface area contributed by atoms with Crippen LogP contribution in [-0.4, -0.2) is 110 Å². The maximum absolute atomic E-state index is 14.4. The first-order valence-electron chi connectivity index (χ1n) is 18.4. The lowest BCUT2D eigenvalue weighted by Gasteiger charge is -2.32. The van der Waals surface area contributed by atoms with Crippen LogP contribution in [0.3, 0.4) is 0 Å². The number of ether oxygens (including phenoxy) is 4. The zero-order valence-corrected chi connectivity index (χ0v) is 31.7. The Kier molecular flexibility index (Phi) is 11.6. The molecule has 0 radical (unpaired) electrons. The lowest BCUT2D eigenvalue weighted by atomic mass is 9.88. The Morgan fingerprint density at radius 1 is 1.09 bits per heavy atom. The predicted octanol–water partition coefficient (Wildman–Crippen LogP) is 2.75. The van der Waals surface area contributed by atoms with E-state index in [-0.39, 0.29) is 37.8 Å². The van der Waals surface area contributed by atoms with E-state index >= 15 is 0 Å². The normalized spacial score (nSPS) is 28.9. The van der Waals surface area contributed by atoms with Crippen LogP contribution in [0.4, 0.5) is 4.79 Å². The molecule has 7 atom stereocenters. The summed E-state index contributed by atoms with van der Waals surface area (Å²) in [6.07, 6.45) is 6.07. The molecule has 54 heavy (non-hydrogen) atoms. The second kappa shape index (κ2) is 16.0. The summed E-state index contributed by atoms with van der Waals surface area (Å²) < 4.78 is 50.7. The van der Waals surface area contributed by atoms with Gasteiger partial charge in [-0.2, -0.15) is 0 Å². The first-order valence-corrected chi connectivity index (χ1v) is 19.9. The average Bonchev–Trinajstić information content (AvgIpc) is 4.06. The lowest BCUT2D eigenvalue weighted by molar-refractivity contribution is -0.142. The number of sulfonamides is 1. The molecule has 2 aromatic rings. The zero-order chi connectivity index (χ0) is 38.8. The minimum atomic E-state index is -3.92. The number of carbonyl (C=O) groups is 4. The number of aromatic nitrogens is 1. The highest BCUT2D eigenvalue weighted by molar-refractivity contribution is 7.91. The van der Waals surface area contributed by atoms with Crippen molar-refractivity contribution in [3.8, 4) is 17.4 Å². The van der Waals surface area contributed by atoms with Gasteiger partial charge in [0.1, 0.15) is 41.8 Å². The molecule has 6 rings (SSSR count). The summed E-state index contributed by atoms with van der Waals surface area (Å²) in [6.45, 7) is 4.35. The van der Waals surface area contributed by atoms with Gasteiger partial charge in [-0.05, 0) is 68.6 Å². The maximum atomic E-state index is 14.4. The Hall–Kier alpha value is -4.64. The minimum absolute atomic E-state index is 0.0217. The molecule has 294 valence electrons. The van der Waals surface area contributed by atoms with Gasteiger partial charge in [0.15, 0.2) is 0 Å². The lowest BCUT2D eigenvalue weighted by Crippen LogP contribution is -2.59. The van der Waals surface area contributed by atoms with Crippen LogP contribution in [0.15, 0.2) is 36.5 Å². The summed E-state index contributed by atoms with van der Waals surface area (Å²) in [6, 6.07) is 2.92. The fourth-order valence-corrected chi connectivity index (χ4v) is 8.89. The number of carbonyl (C=O) groups excluding carboxylic acids is 3. The Bertz CT molecular complexity index is 1900. The standard InChI is InChI=1S/C37H49N5O11S/c1-21-7-5-6-8-23-18-37(23,35(45)41-54(48,49)26-10-11-26)40-32(43)29-17-25(20-42(29)34(44)31(22(2)15-21)39-36(46)47)53-33-27-12-9-24(51-4)16-28(27)30(19-38-33)52-14-13-50-3/h6,8-9,12,16,19,21-23,25-26,29,31,39H,5,7,10-11,13-15,17-18,20H2,1-4H3,(H,40,43)(H,41,45)(H,46,47)/t21-,22-,23-,25-,29+,31+,37-/m1/s1. The summed E-state index contributed by atoms with van der Waals surface area (Å²) in [5.41, 5.74) is -1.55. The van der Waals surface area contributed by atoms with E-state index in [9.17, 15) is 32.7 Å². The van der Waals surface area contributed by atoms with Crippen molar-refractivity contribution in [1.29, 1.82) is 0 Å². The summed E-state index contributed by atoms with van der Waals surface area (Å²) in [4.78, 5) is 60.3. The number of allylic oxidation sites excluding steroid dienone is 1. The fraction of sp³-hybridized carbons (Fsp3) is 0.595. The summed E-state index contributed by atoms with van der Waals surface area (Å²) >= 11 is 0. The molecule has 1 aromatic carbocycles. The van der Waals surface area contributed by atoms with Gasteiger partial charge in [-0.1, -0.05) is 26.0 Å². The number of nitrogens with zero attached hydrogens (tertiary/aromatic N) is 2. The molecular formula is C37H49N5O11S. The van der Waals surface area contributed by atoms with Crippen LogP contribution in [0, 0.1) is 17.8 Å². The molecule has 2 saturated carbocycles. The van der Waals surface area contributed by atoms with Gasteiger partial charge in [-0.3, -0.25) is 19.1 Å². The predicted molar refractivity (Wildman–Crippen MR) is 196 cm³/mol. The van der Waals surface area contributed by atoms with E-state index in [0.717, 1.165) is 6.42 Å². The van der Waals surface area contributed by atoms with E-state index in [4.69, 9.17) is 18.9 Å². The monoisotopic (exact) mass is 771 g/mol. The minimum Gasteiger partial charge on any atom is -0.497 e. The van der Waals surface area contributed by atoms with Crippen LogP contribution in [0.25, 0.3) is 10.8 Å². The van der Waals surface area contributed by atoms with Gasteiger partial charge >= 0.3 is 6.09 Å². The van der Waals surface area contributed by atoms with Crippen molar-refractivity contribution in [3.05, 3.63) is 36.5 Å². The van der Waals surface area contributed by atoms with Crippen LogP contribution in [0.5, 0.6) is 17.4 Å². The number of amides is 4. The number of hydrogen-bond donors (Lipinski definition) is 4. The van der Waals surface area contributed by atoms with Crippen LogP contribution in [0.1, 0.15) is 58.8 Å². The van der Waals surface area contributed by atoms with E-state index in [0.29, 0.717) is 54.6 Å². The highest BCUT2D eigenvalue weighted by Gasteiger charge is 2.62. The van der Waals surface area contributed by atoms with Crippen molar-refractivity contribution in [2.24, 2.45) is 17.8 Å². The second-order valence-corrected chi connectivity index (χ2v) is 16.8. The topological polar surface area (TPSA) is 212 Å². The number of pyridine rings is 1. The third-order valence-electron chi connectivity index (χ3n) is 10.7. The van der Waals surface area contributed by atoms with Crippen molar-refractivity contribution in [2.75, 3.05) is 34.0 Å². The van der Waals surface area contributed by atoms with Crippen molar-refractivity contribution in [1.82, 2.24) is 25.2 Å². The quantitative estimate of drug-likeness (QED) is 0.192. The summed E-state index contributed by atoms with van der Waals surface area (Å²) in [5.74, 6) is -1.64. The Morgan fingerprint density at radius 3 is 2.57 bits per heavy atom. The first kappa shape index (κ1) is 39.1. The second-order valence-electron chi connectivity index (χ2n) is 14.9. The van der Waals surface area contributed by atoms with Gasteiger partial charge in [0.05, 0.1) is 31.7 Å². The molecule has 3 fully saturated rings. The van der Waals surface area contributed by atoms with E-state index in [1.54, 1.807) is 39.3 Å². The van der Waals surface area contributed by atoms with Crippen molar-refractivity contribution < 1.29 is 51.6 Å². The molecule has 17 heteroatoms. The zero-order valence-electron chi connectivity index (χ0n) is 30.9. The third-order valence-corrected chi connectivity index (χ3v) is 12.6. The number of hydrogen-bond acceptors (Lipinski definition) is 11. The van der Waals surface area contributed by atoms with Gasteiger partial charge in [-0.25, -0.2) is 18.2 Å². The highest BCUT2D eigenvalue weighted by atomic mass is 32.2. The Morgan fingerprint density at radius 2 is 1.87 bits per heavy atom. The third kappa shape index (κ3) is 8.51. The molecule has 0 spiro atoms. The van der Waals surface area contributed by atoms with E-state index in [1.807, 2.05) is 19.1 Å². The van der Waals surface area contributed by atoms with Gasteiger partial charge in [0, 0.05) is 30.2 Å². The molecular weight excluding hydrogens is 722 g/mol. The summed E-state index contributed by atoms with van der Waals surface area (Å²) in [5, 5.41) is 15.6. The van der Waals surface area contributed by atoms with Crippen LogP contribution in [0.2, 0.25) is 0 Å². The molecule has 16 nitrogen and oxygen atoms in total. The number of carboxylic acid groups (broad SMARTS) is 1. The van der Waals surface area contributed by atoms with E-state index in [1.165, 1.54) is 11.1 Å². The number of nitrogens with one attached hydrogen (secondary N) is 3. The molecule has 4 amide bonds. The van der Waals surface area contributed by atoms with E-state index < -0.39 is 74.7 Å². The van der Waals surface area contributed by atoms with Crippen LogP contribution < -0.4 is 29.6 Å². The number of methoxy groups -OCH3 is 2. The van der Waals surface area contributed by atoms with Crippen molar-refractivity contribution >= 4 is 44.6 Å².